The third kappa shape index (κ3) is 3.77. The zero-order valence-corrected chi connectivity index (χ0v) is 19.3. The van der Waals surface area contributed by atoms with Crippen LogP contribution in [0.25, 0.3) is 5.69 Å². The molecule has 0 saturated carbocycles. The number of hydrogen-bond acceptors (Lipinski definition) is 2. The number of nitrogens with one attached hydrogen (secondary N) is 1. The number of aromatic nitrogens is 2. The Morgan fingerprint density at radius 2 is 1.65 bits per heavy atom. The lowest BCUT2D eigenvalue weighted by atomic mass is 10.0. The van der Waals surface area contributed by atoms with E-state index in [2.05, 4.69) is 103 Å². The van der Waals surface area contributed by atoms with Crippen LogP contribution >= 0.6 is 28.1 Å². The Bertz CT molecular complexity index is 1200. The van der Waals surface area contributed by atoms with E-state index in [1.54, 1.807) is 0 Å². The van der Waals surface area contributed by atoms with Crippen molar-refractivity contribution in [2.75, 3.05) is 4.90 Å². The molecule has 0 bridgehead atoms. The van der Waals surface area contributed by atoms with Gasteiger partial charge < -0.3 is 14.8 Å². The van der Waals surface area contributed by atoms with Crippen molar-refractivity contribution in [3.05, 3.63) is 113 Å². The van der Waals surface area contributed by atoms with E-state index in [9.17, 15) is 0 Å². The fraction of sp³-hybridized carbons (Fsp3) is 0.120. The first kappa shape index (κ1) is 20.0. The molecule has 2 atom stereocenters. The zero-order chi connectivity index (χ0) is 21.4. The SMILES string of the molecule is Cc1ccc(-n2cccc2[C@H]2[C@@H](c3ccccn3)NC(=S)N2c2ccc(Br)cc2)cc1. The van der Waals surface area contributed by atoms with Crippen LogP contribution in [0, 0.1) is 6.92 Å². The van der Waals surface area contributed by atoms with Crippen LogP contribution < -0.4 is 10.2 Å². The summed E-state index contributed by atoms with van der Waals surface area (Å²) in [5, 5.41) is 4.22. The Labute approximate surface area is 195 Å². The first-order valence-electron chi connectivity index (χ1n) is 10.1. The number of halogens is 1. The number of hydrogen-bond donors (Lipinski definition) is 1. The second-order valence-electron chi connectivity index (χ2n) is 7.61. The monoisotopic (exact) mass is 488 g/mol. The first-order chi connectivity index (χ1) is 15.1. The second-order valence-corrected chi connectivity index (χ2v) is 8.91. The summed E-state index contributed by atoms with van der Waals surface area (Å²) in [6, 6.07) is 27.0. The van der Waals surface area contributed by atoms with E-state index in [0.717, 1.165) is 27.2 Å². The first-order valence-corrected chi connectivity index (χ1v) is 11.3. The highest BCUT2D eigenvalue weighted by molar-refractivity contribution is 9.10. The normalized spacial score (nSPS) is 18.3. The highest BCUT2D eigenvalue weighted by Gasteiger charge is 2.42. The molecule has 0 unspecified atom stereocenters. The average molecular weight is 489 g/mol. The minimum atomic E-state index is -0.0727. The van der Waals surface area contributed by atoms with Crippen molar-refractivity contribution in [1.29, 1.82) is 0 Å². The van der Waals surface area contributed by atoms with Crippen LogP contribution in [0.4, 0.5) is 5.69 Å². The van der Waals surface area contributed by atoms with Crippen LogP contribution in [0.3, 0.4) is 0 Å². The maximum absolute atomic E-state index is 5.83. The predicted octanol–water partition coefficient (Wildman–Crippen LogP) is 6.12. The standard InChI is InChI=1S/C25H21BrN4S/c1-17-7-11-19(12-8-17)29-16-4-6-22(29)24-23(21-5-2-3-15-27-21)28-25(31)30(24)20-13-9-18(26)10-14-20/h2-16,23-24H,1H3,(H,28,31)/t23-,24+/m1/s1. The number of aryl methyl sites for hydroxylation is 1. The molecule has 31 heavy (non-hydrogen) atoms. The van der Waals surface area contributed by atoms with Gasteiger partial charge in [0.15, 0.2) is 5.11 Å². The average Bonchev–Trinajstić information content (AvgIpc) is 3.40. The van der Waals surface area contributed by atoms with Gasteiger partial charge in [-0.3, -0.25) is 4.98 Å². The minimum Gasteiger partial charge on any atom is -0.351 e. The number of anilines is 1. The number of pyridine rings is 1. The Balaban J connectivity index is 1.66. The number of thiocarbonyl (C=S) groups is 1. The lowest BCUT2D eigenvalue weighted by molar-refractivity contribution is 0.549. The summed E-state index contributed by atoms with van der Waals surface area (Å²) in [7, 11) is 0. The van der Waals surface area contributed by atoms with Crippen LogP contribution in [0.5, 0.6) is 0 Å². The van der Waals surface area contributed by atoms with Crippen LogP contribution in [-0.4, -0.2) is 14.7 Å². The van der Waals surface area contributed by atoms with Gasteiger partial charge in [-0.2, -0.15) is 0 Å². The predicted molar refractivity (Wildman–Crippen MR) is 133 cm³/mol. The Morgan fingerprint density at radius 3 is 2.35 bits per heavy atom. The molecule has 2 aromatic heterocycles. The summed E-state index contributed by atoms with van der Waals surface area (Å²) in [4.78, 5) is 6.84. The summed E-state index contributed by atoms with van der Waals surface area (Å²) in [5.41, 5.74) is 5.52. The molecular weight excluding hydrogens is 468 g/mol. The molecule has 1 fully saturated rings. The smallest absolute Gasteiger partial charge is 0.174 e. The van der Waals surface area contributed by atoms with Gasteiger partial charge in [-0.05, 0) is 79.8 Å². The summed E-state index contributed by atoms with van der Waals surface area (Å²) < 4.78 is 3.27. The molecule has 2 aromatic carbocycles. The van der Waals surface area contributed by atoms with Crippen LogP contribution in [0.15, 0.2) is 95.7 Å². The molecule has 4 nitrogen and oxygen atoms in total. The van der Waals surface area contributed by atoms with Crippen molar-refractivity contribution in [3.8, 4) is 5.69 Å². The maximum Gasteiger partial charge on any atom is 0.174 e. The van der Waals surface area contributed by atoms with E-state index >= 15 is 0 Å². The molecule has 1 aliphatic rings. The van der Waals surface area contributed by atoms with Crippen LogP contribution in [-0.2, 0) is 0 Å². The van der Waals surface area contributed by atoms with Gasteiger partial charge in [0.05, 0.1) is 11.7 Å². The van der Waals surface area contributed by atoms with Crippen molar-refractivity contribution in [3.63, 3.8) is 0 Å². The van der Waals surface area contributed by atoms with Crippen molar-refractivity contribution in [2.24, 2.45) is 0 Å². The van der Waals surface area contributed by atoms with E-state index in [4.69, 9.17) is 12.2 Å². The van der Waals surface area contributed by atoms with Crippen molar-refractivity contribution in [2.45, 2.75) is 19.0 Å². The van der Waals surface area contributed by atoms with E-state index in [-0.39, 0.29) is 12.1 Å². The minimum absolute atomic E-state index is 0.0557. The maximum atomic E-state index is 5.83. The van der Waals surface area contributed by atoms with Gasteiger partial charge in [-0.15, -0.1) is 0 Å². The lowest BCUT2D eigenvalue weighted by Crippen LogP contribution is -2.30. The highest BCUT2D eigenvalue weighted by Crippen LogP contribution is 2.42. The molecule has 3 heterocycles. The molecule has 1 N–H and O–H groups in total. The quantitative estimate of drug-likeness (QED) is 0.350. The Kier molecular flexibility index (Phi) is 5.34. The molecule has 6 heteroatoms. The summed E-state index contributed by atoms with van der Waals surface area (Å²) in [6.45, 7) is 2.10. The molecule has 0 spiro atoms. The molecule has 0 amide bonds. The number of benzene rings is 2. The fourth-order valence-electron chi connectivity index (χ4n) is 4.11. The van der Waals surface area contributed by atoms with Gasteiger partial charge in [0.25, 0.3) is 0 Å². The molecule has 154 valence electrons. The summed E-state index contributed by atoms with van der Waals surface area (Å²) >= 11 is 9.37. The molecular formula is C25H21BrN4S. The number of nitrogens with zero attached hydrogens (tertiary/aromatic N) is 3. The molecule has 4 aromatic rings. The molecule has 0 radical (unpaired) electrons. The zero-order valence-electron chi connectivity index (χ0n) is 16.9. The van der Waals surface area contributed by atoms with Crippen molar-refractivity contribution < 1.29 is 0 Å². The van der Waals surface area contributed by atoms with Gasteiger partial charge in [-0.1, -0.05) is 39.7 Å². The van der Waals surface area contributed by atoms with Gasteiger partial charge in [-0.25, -0.2) is 0 Å². The van der Waals surface area contributed by atoms with Crippen molar-refractivity contribution >= 4 is 38.9 Å². The second kappa shape index (κ2) is 8.29. The Hall–Kier alpha value is -2.96. The van der Waals surface area contributed by atoms with E-state index in [0.29, 0.717) is 5.11 Å². The molecule has 1 saturated heterocycles. The number of rotatable bonds is 4. The van der Waals surface area contributed by atoms with E-state index < -0.39 is 0 Å². The van der Waals surface area contributed by atoms with E-state index in [1.165, 1.54) is 5.56 Å². The largest absolute Gasteiger partial charge is 0.351 e. The van der Waals surface area contributed by atoms with Crippen LogP contribution in [0.2, 0.25) is 0 Å². The lowest BCUT2D eigenvalue weighted by Gasteiger charge is -2.29. The highest BCUT2D eigenvalue weighted by atomic mass is 79.9. The third-order valence-electron chi connectivity index (χ3n) is 5.60. The van der Waals surface area contributed by atoms with E-state index in [1.807, 2.05) is 30.5 Å². The fourth-order valence-corrected chi connectivity index (χ4v) is 4.72. The Morgan fingerprint density at radius 1 is 0.903 bits per heavy atom. The summed E-state index contributed by atoms with van der Waals surface area (Å²) in [5.74, 6) is 0. The van der Waals surface area contributed by atoms with Gasteiger partial charge >= 0.3 is 0 Å². The molecule has 1 aliphatic heterocycles. The van der Waals surface area contributed by atoms with Gasteiger partial charge in [0.1, 0.15) is 6.04 Å². The molecule has 5 rings (SSSR count). The van der Waals surface area contributed by atoms with Crippen molar-refractivity contribution in [1.82, 2.24) is 14.9 Å². The topological polar surface area (TPSA) is 33.1 Å². The summed E-state index contributed by atoms with van der Waals surface area (Å²) in [6.07, 6.45) is 3.94. The van der Waals surface area contributed by atoms with Crippen LogP contribution in [0.1, 0.15) is 29.0 Å². The van der Waals surface area contributed by atoms with Gasteiger partial charge in [0, 0.05) is 33.9 Å². The van der Waals surface area contributed by atoms with Gasteiger partial charge in [0.2, 0.25) is 0 Å². The third-order valence-corrected chi connectivity index (χ3v) is 6.44. The molecule has 0 aliphatic carbocycles.